The summed E-state index contributed by atoms with van der Waals surface area (Å²) in [5.41, 5.74) is 2.61. The number of nitrogens with zero attached hydrogens (tertiary/aromatic N) is 2. The number of methoxy groups -OCH3 is 1. The van der Waals surface area contributed by atoms with Crippen LogP contribution in [0, 0.1) is 0 Å². The Labute approximate surface area is 159 Å². The molecule has 0 bridgehead atoms. The number of H-pyrrole nitrogens is 1. The van der Waals surface area contributed by atoms with Crippen LogP contribution in [0.1, 0.15) is 11.4 Å². The number of ether oxygens (including phenoxy) is 1. The highest BCUT2D eigenvalue weighted by molar-refractivity contribution is 6.32. The normalized spacial score (nSPS) is 11.9. The van der Waals surface area contributed by atoms with Gasteiger partial charge in [-0.1, -0.05) is 23.7 Å². The van der Waals surface area contributed by atoms with E-state index in [-0.39, 0.29) is 16.6 Å². The molecule has 2 aromatic heterocycles. The van der Waals surface area contributed by atoms with Crippen LogP contribution in [0.25, 0.3) is 33.6 Å². The fourth-order valence-electron chi connectivity index (χ4n) is 2.84. The molecule has 2 N–H and O–H groups in total. The number of aromatic amines is 1. The van der Waals surface area contributed by atoms with Gasteiger partial charge in [-0.3, -0.25) is 0 Å². The summed E-state index contributed by atoms with van der Waals surface area (Å²) in [6.07, 6.45) is 1.47. The Balaban J connectivity index is 1.85. The van der Waals surface area contributed by atoms with E-state index >= 15 is 0 Å². The molecule has 4 aromatic rings. The van der Waals surface area contributed by atoms with Crippen molar-refractivity contribution in [2.45, 2.75) is 0 Å². The highest BCUT2D eigenvalue weighted by Gasteiger charge is 2.16. The van der Waals surface area contributed by atoms with Crippen LogP contribution in [0.15, 0.2) is 48.5 Å². The third kappa shape index (κ3) is 3.22. The number of para-hydroxylation sites is 2. The predicted octanol–water partition coefficient (Wildman–Crippen LogP) is 4.40. The van der Waals surface area contributed by atoms with E-state index in [1.807, 2.05) is 36.4 Å². The molecule has 6 nitrogen and oxygen atoms in total. The van der Waals surface area contributed by atoms with E-state index < -0.39 is 5.97 Å². The zero-order valence-corrected chi connectivity index (χ0v) is 15.0. The average molecular weight is 380 g/mol. The van der Waals surface area contributed by atoms with E-state index in [2.05, 4.69) is 15.0 Å². The van der Waals surface area contributed by atoms with Crippen molar-refractivity contribution in [1.29, 1.82) is 0 Å². The van der Waals surface area contributed by atoms with Crippen molar-refractivity contribution in [2.75, 3.05) is 7.11 Å². The van der Waals surface area contributed by atoms with Crippen LogP contribution in [0.4, 0.5) is 0 Å². The first-order chi connectivity index (χ1) is 13.0. The summed E-state index contributed by atoms with van der Waals surface area (Å²) < 4.78 is 5.19. The van der Waals surface area contributed by atoms with Gasteiger partial charge in [-0.05, 0) is 36.4 Å². The third-order valence-corrected chi connectivity index (χ3v) is 4.48. The molecule has 2 heterocycles. The van der Waals surface area contributed by atoms with Crippen molar-refractivity contribution in [3.8, 4) is 5.75 Å². The summed E-state index contributed by atoms with van der Waals surface area (Å²) >= 11 is 6.29. The van der Waals surface area contributed by atoms with Crippen LogP contribution in [-0.4, -0.2) is 33.1 Å². The molecular formula is C20H14ClN3O3. The maximum atomic E-state index is 11.8. The highest BCUT2D eigenvalue weighted by Crippen LogP contribution is 2.27. The van der Waals surface area contributed by atoms with E-state index in [1.54, 1.807) is 19.2 Å². The van der Waals surface area contributed by atoms with Gasteiger partial charge < -0.3 is 14.8 Å². The largest absolute Gasteiger partial charge is 0.497 e. The summed E-state index contributed by atoms with van der Waals surface area (Å²) in [7, 11) is 1.58. The van der Waals surface area contributed by atoms with Crippen molar-refractivity contribution < 1.29 is 14.6 Å². The highest BCUT2D eigenvalue weighted by atomic mass is 35.5. The van der Waals surface area contributed by atoms with E-state index in [0.29, 0.717) is 22.3 Å². The Morgan fingerprint density at radius 3 is 2.70 bits per heavy atom. The minimum Gasteiger partial charge on any atom is -0.497 e. The lowest BCUT2D eigenvalue weighted by molar-refractivity contribution is -0.130. The summed E-state index contributed by atoms with van der Waals surface area (Å²) in [6, 6.07) is 14.6. The lowest BCUT2D eigenvalue weighted by atomic mass is 10.1. The van der Waals surface area contributed by atoms with E-state index in [1.165, 1.54) is 6.08 Å². The SMILES string of the molecule is COc1ccc2cc(C=C(C(=O)O)c3nc4ccccc4[nH]3)c(Cl)nc2c1. The van der Waals surface area contributed by atoms with Gasteiger partial charge in [0, 0.05) is 17.0 Å². The topological polar surface area (TPSA) is 88.1 Å². The van der Waals surface area contributed by atoms with Gasteiger partial charge in [0.15, 0.2) is 0 Å². The first-order valence-corrected chi connectivity index (χ1v) is 8.47. The predicted molar refractivity (Wildman–Crippen MR) is 105 cm³/mol. The maximum absolute atomic E-state index is 11.8. The van der Waals surface area contributed by atoms with Gasteiger partial charge in [0.1, 0.15) is 22.3 Å². The molecule has 0 saturated heterocycles. The average Bonchev–Trinajstić information content (AvgIpc) is 3.09. The van der Waals surface area contributed by atoms with Crippen LogP contribution < -0.4 is 4.74 Å². The number of nitrogens with one attached hydrogen (secondary N) is 1. The van der Waals surface area contributed by atoms with Crippen LogP contribution in [-0.2, 0) is 4.79 Å². The zero-order chi connectivity index (χ0) is 19.0. The number of hydrogen-bond donors (Lipinski definition) is 2. The third-order valence-electron chi connectivity index (χ3n) is 4.18. The van der Waals surface area contributed by atoms with Crippen molar-refractivity contribution in [2.24, 2.45) is 0 Å². The number of rotatable bonds is 4. The number of aromatic nitrogens is 3. The Morgan fingerprint density at radius 1 is 1.15 bits per heavy atom. The van der Waals surface area contributed by atoms with E-state index in [4.69, 9.17) is 16.3 Å². The van der Waals surface area contributed by atoms with Crippen molar-refractivity contribution in [3.63, 3.8) is 0 Å². The lowest BCUT2D eigenvalue weighted by Gasteiger charge is -2.06. The van der Waals surface area contributed by atoms with Gasteiger partial charge >= 0.3 is 5.97 Å². The number of carboxylic acids is 1. The molecule has 0 unspecified atom stereocenters. The molecule has 4 rings (SSSR count). The number of carboxylic acid groups (broad SMARTS) is 1. The minimum atomic E-state index is -1.11. The number of pyridine rings is 1. The van der Waals surface area contributed by atoms with Gasteiger partial charge in [0.2, 0.25) is 0 Å². The Bertz CT molecular complexity index is 1180. The molecule has 2 aromatic carbocycles. The van der Waals surface area contributed by atoms with Crippen LogP contribution in [0.3, 0.4) is 0 Å². The molecule has 0 atom stereocenters. The van der Waals surface area contributed by atoms with Gasteiger partial charge in [-0.15, -0.1) is 0 Å². The smallest absolute Gasteiger partial charge is 0.339 e. The second-order valence-electron chi connectivity index (χ2n) is 5.89. The van der Waals surface area contributed by atoms with Crippen molar-refractivity contribution in [3.05, 3.63) is 65.1 Å². The first kappa shape index (κ1) is 17.1. The number of imidazole rings is 1. The maximum Gasteiger partial charge on any atom is 0.339 e. The van der Waals surface area contributed by atoms with Gasteiger partial charge in [-0.25, -0.2) is 14.8 Å². The standard InChI is InChI=1S/C20H14ClN3O3/c1-27-13-7-6-11-8-12(18(21)22-17(11)10-13)9-14(20(25)26)19-23-15-4-2-3-5-16(15)24-19/h2-10H,1H3,(H,23,24)(H,25,26). The summed E-state index contributed by atoms with van der Waals surface area (Å²) in [6.45, 7) is 0. The van der Waals surface area contributed by atoms with Crippen LogP contribution in [0.2, 0.25) is 5.15 Å². The van der Waals surface area contributed by atoms with E-state index in [9.17, 15) is 9.90 Å². The molecule has 0 aliphatic carbocycles. The van der Waals surface area contributed by atoms with Crippen LogP contribution >= 0.6 is 11.6 Å². The second-order valence-corrected chi connectivity index (χ2v) is 6.25. The molecule has 7 heteroatoms. The monoisotopic (exact) mass is 379 g/mol. The molecule has 0 radical (unpaired) electrons. The second kappa shape index (κ2) is 6.74. The van der Waals surface area contributed by atoms with Crippen molar-refractivity contribution in [1.82, 2.24) is 15.0 Å². The lowest BCUT2D eigenvalue weighted by Crippen LogP contribution is -2.01. The number of halogens is 1. The number of fused-ring (bicyclic) bond motifs is 2. The summed E-state index contributed by atoms with van der Waals surface area (Å²) in [5.74, 6) is -0.183. The minimum absolute atomic E-state index is 0.00256. The summed E-state index contributed by atoms with van der Waals surface area (Å²) in [5, 5.41) is 10.7. The molecule has 0 aliphatic heterocycles. The number of hydrogen-bond acceptors (Lipinski definition) is 4. The zero-order valence-electron chi connectivity index (χ0n) is 14.2. The van der Waals surface area contributed by atoms with Crippen molar-refractivity contribution >= 4 is 51.2 Å². The quantitative estimate of drug-likeness (QED) is 0.405. The Kier molecular flexibility index (Phi) is 4.25. The summed E-state index contributed by atoms with van der Waals surface area (Å²) in [4.78, 5) is 23.6. The molecule has 0 saturated carbocycles. The van der Waals surface area contributed by atoms with E-state index in [0.717, 1.165) is 10.9 Å². The molecule has 0 spiro atoms. The van der Waals surface area contributed by atoms with Crippen LogP contribution in [0.5, 0.6) is 5.75 Å². The fraction of sp³-hybridized carbons (Fsp3) is 0.0500. The van der Waals surface area contributed by atoms with Gasteiger partial charge in [0.25, 0.3) is 0 Å². The molecule has 0 fully saturated rings. The number of benzene rings is 2. The van der Waals surface area contributed by atoms with Gasteiger partial charge in [-0.2, -0.15) is 0 Å². The molecule has 0 amide bonds. The Hall–Kier alpha value is -3.38. The van der Waals surface area contributed by atoms with Gasteiger partial charge in [0.05, 0.1) is 23.7 Å². The number of aliphatic carboxylic acids is 1. The Morgan fingerprint density at radius 2 is 1.96 bits per heavy atom. The molecular weight excluding hydrogens is 366 g/mol. The molecule has 134 valence electrons. The molecule has 27 heavy (non-hydrogen) atoms. The molecule has 0 aliphatic rings. The first-order valence-electron chi connectivity index (χ1n) is 8.09. The number of carbonyl (C=O) groups is 1. The fourth-order valence-corrected chi connectivity index (χ4v) is 3.04.